The molecule has 4 rings (SSSR count). The molecule has 2 aromatic carbocycles. The fourth-order valence-electron chi connectivity index (χ4n) is 2.89. The van der Waals surface area contributed by atoms with Gasteiger partial charge in [0.25, 0.3) is 0 Å². The average Bonchev–Trinajstić information content (AvgIpc) is 3.21. The summed E-state index contributed by atoms with van der Waals surface area (Å²) in [6, 6.07) is 18.2. The van der Waals surface area contributed by atoms with E-state index in [2.05, 4.69) is 17.1 Å². The van der Waals surface area contributed by atoms with Crippen LogP contribution in [0.15, 0.2) is 65.4 Å². The van der Waals surface area contributed by atoms with E-state index in [1.54, 1.807) is 12.5 Å². The predicted molar refractivity (Wildman–Crippen MR) is 108 cm³/mol. The number of fused-ring (bicyclic) bond motifs is 2. The molecule has 0 aliphatic carbocycles. The molecule has 0 amide bonds. The van der Waals surface area contributed by atoms with Gasteiger partial charge in [-0.2, -0.15) is 5.26 Å². The summed E-state index contributed by atoms with van der Waals surface area (Å²) in [7, 11) is 0. The summed E-state index contributed by atoms with van der Waals surface area (Å²) in [5, 5.41) is 11.5. The number of hydrogen-bond donors (Lipinski definition) is 0. The van der Waals surface area contributed by atoms with Crippen molar-refractivity contribution in [1.29, 1.82) is 5.26 Å². The maximum atomic E-state index is 9.42. The first kappa shape index (κ1) is 19.2. The molecule has 2 heterocycles. The van der Waals surface area contributed by atoms with Crippen molar-refractivity contribution < 1.29 is 4.42 Å². The lowest BCUT2D eigenvalue weighted by molar-refractivity contribution is 0.616. The number of nitriles is 1. The molecule has 3 nitrogen and oxygen atoms in total. The number of aromatic nitrogens is 1. The minimum Gasteiger partial charge on any atom is -0.464 e. The van der Waals surface area contributed by atoms with Gasteiger partial charge >= 0.3 is 0 Å². The molecule has 3 heteroatoms. The van der Waals surface area contributed by atoms with E-state index >= 15 is 0 Å². The summed E-state index contributed by atoms with van der Waals surface area (Å²) in [5.41, 5.74) is 4.57. The average molecular weight is 344 g/mol. The third-order valence-electron chi connectivity index (χ3n) is 3.96. The van der Waals surface area contributed by atoms with Gasteiger partial charge in [-0.25, -0.2) is 0 Å². The van der Waals surface area contributed by atoms with Gasteiger partial charge in [0.2, 0.25) is 0 Å². The maximum absolute atomic E-state index is 9.42. The highest BCUT2D eigenvalue weighted by molar-refractivity contribution is 5.86. The highest BCUT2D eigenvalue weighted by atomic mass is 16.3. The van der Waals surface area contributed by atoms with Crippen LogP contribution in [0.4, 0.5) is 0 Å². The van der Waals surface area contributed by atoms with Crippen LogP contribution < -0.4 is 0 Å². The number of pyridine rings is 1. The van der Waals surface area contributed by atoms with Crippen molar-refractivity contribution in [2.75, 3.05) is 0 Å². The molecule has 2 aromatic heterocycles. The Kier molecular flexibility index (Phi) is 6.93. The van der Waals surface area contributed by atoms with Gasteiger partial charge in [-0.15, -0.1) is 0 Å². The van der Waals surface area contributed by atoms with Gasteiger partial charge in [0.05, 0.1) is 17.3 Å². The van der Waals surface area contributed by atoms with Crippen molar-refractivity contribution in [3.05, 3.63) is 77.7 Å². The lowest BCUT2D eigenvalue weighted by atomic mass is 9.95. The number of rotatable bonds is 2. The molecule has 4 aromatic rings. The molecule has 0 fully saturated rings. The fourth-order valence-corrected chi connectivity index (χ4v) is 2.89. The first-order chi connectivity index (χ1) is 12.9. The number of benzene rings is 2. The molecule has 0 aliphatic rings. The van der Waals surface area contributed by atoms with E-state index in [-0.39, 0.29) is 0 Å². The predicted octanol–water partition coefficient (Wildman–Crippen LogP) is 6.50. The SMILES string of the molecule is CC.CC.N#Cc1cnc2ccccc2c1Cc1cccc2occc12. The van der Waals surface area contributed by atoms with Crippen molar-refractivity contribution in [2.24, 2.45) is 0 Å². The van der Waals surface area contributed by atoms with Gasteiger partial charge in [0.1, 0.15) is 11.7 Å². The van der Waals surface area contributed by atoms with Gasteiger partial charge in [-0.3, -0.25) is 4.98 Å². The number of hydrogen-bond acceptors (Lipinski definition) is 3. The Morgan fingerprint density at radius 1 is 0.923 bits per heavy atom. The third-order valence-corrected chi connectivity index (χ3v) is 3.96. The van der Waals surface area contributed by atoms with E-state index in [1.807, 2.05) is 70.2 Å². The van der Waals surface area contributed by atoms with E-state index in [1.165, 1.54) is 0 Å². The van der Waals surface area contributed by atoms with Crippen molar-refractivity contribution in [2.45, 2.75) is 34.1 Å². The molecule has 0 unspecified atom stereocenters. The number of nitrogens with zero attached hydrogens (tertiary/aromatic N) is 2. The van der Waals surface area contributed by atoms with Gasteiger partial charge in [-0.1, -0.05) is 58.0 Å². The Hall–Kier alpha value is -3.12. The molecule has 0 bridgehead atoms. The van der Waals surface area contributed by atoms with Crippen molar-refractivity contribution in [1.82, 2.24) is 4.98 Å². The molecule has 0 saturated heterocycles. The zero-order valence-corrected chi connectivity index (χ0v) is 15.8. The molecule has 132 valence electrons. The molecule has 0 saturated carbocycles. The zero-order chi connectivity index (χ0) is 18.9. The zero-order valence-electron chi connectivity index (χ0n) is 15.8. The Morgan fingerprint density at radius 2 is 1.69 bits per heavy atom. The van der Waals surface area contributed by atoms with E-state index in [0.29, 0.717) is 12.0 Å². The Balaban J connectivity index is 0.000000570. The first-order valence-corrected chi connectivity index (χ1v) is 9.08. The van der Waals surface area contributed by atoms with Crippen LogP contribution in [0, 0.1) is 11.3 Å². The van der Waals surface area contributed by atoms with E-state index in [0.717, 1.165) is 33.0 Å². The van der Waals surface area contributed by atoms with Crippen LogP contribution in [-0.4, -0.2) is 4.98 Å². The summed E-state index contributed by atoms with van der Waals surface area (Å²) >= 11 is 0. The number of furan rings is 1. The topological polar surface area (TPSA) is 49.8 Å². The Labute approximate surface area is 154 Å². The van der Waals surface area contributed by atoms with E-state index < -0.39 is 0 Å². The summed E-state index contributed by atoms with van der Waals surface area (Å²) < 4.78 is 5.46. The summed E-state index contributed by atoms with van der Waals surface area (Å²) in [4.78, 5) is 4.37. The van der Waals surface area contributed by atoms with Crippen LogP contribution in [0.25, 0.3) is 21.9 Å². The maximum Gasteiger partial charge on any atom is 0.134 e. The molecular formula is C23H24N2O. The highest BCUT2D eigenvalue weighted by Crippen LogP contribution is 2.27. The Morgan fingerprint density at radius 3 is 2.46 bits per heavy atom. The fraction of sp³-hybridized carbons (Fsp3) is 0.217. The van der Waals surface area contributed by atoms with E-state index in [9.17, 15) is 5.26 Å². The molecule has 0 spiro atoms. The van der Waals surface area contributed by atoms with Gasteiger partial charge in [0, 0.05) is 23.4 Å². The van der Waals surface area contributed by atoms with Gasteiger partial charge in [0.15, 0.2) is 0 Å². The quantitative estimate of drug-likeness (QED) is 0.417. The van der Waals surface area contributed by atoms with Gasteiger partial charge in [-0.05, 0) is 29.3 Å². The van der Waals surface area contributed by atoms with Crippen molar-refractivity contribution in [3.8, 4) is 6.07 Å². The van der Waals surface area contributed by atoms with Crippen LogP contribution >= 0.6 is 0 Å². The van der Waals surface area contributed by atoms with Crippen LogP contribution in [0.5, 0.6) is 0 Å². The van der Waals surface area contributed by atoms with E-state index in [4.69, 9.17) is 4.42 Å². The lowest BCUT2D eigenvalue weighted by Crippen LogP contribution is -1.96. The second kappa shape index (κ2) is 9.39. The molecule has 0 atom stereocenters. The normalized spacial score (nSPS) is 9.65. The second-order valence-electron chi connectivity index (χ2n) is 5.21. The minimum atomic E-state index is 0.624. The number of para-hydroxylation sites is 1. The summed E-state index contributed by atoms with van der Waals surface area (Å²) in [5.74, 6) is 0. The van der Waals surface area contributed by atoms with Crippen molar-refractivity contribution >= 4 is 21.9 Å². The monoisotopic (exact) mass is 344 g/mol. The molecular weight excluding hydrogens is 320 g/mol. The van der Waals surface area contributed by atoms with Crippen LogP contribution in [-0.2, 0) is 6.42 Å². The minimum absolute atomic E-state index is 0.624. The lowest BCUT2D eigenvalue weighted by Gasteiger charge is -2.09. The van der Waals surface area contributed by atoms with Crippen molar-refractivity contribution in [3.63, 3.8) is 0 Å². The molecule has 0 N–H and O–H groups in total. The highest BCUT2D eigenvalue weighted by Gasteiger charge is 2.11. The first-order valence-electron chi connectivity index (χ1n) is 9.08. The largest absolute Gasteiger partial charge is 0.464 e. The molecule has 0 radical (unpaired) electrons. The summed E-state index contributed by atoms with van der Waals surface area (Å²) in [6.07, 6.45) is 4.04. The molecule has 26 heavy (non-hydrogen) atoms. The van der Waals surface area contributed by atoms with Crippen LogP contribution in [0.1, 0.15) is 44.4 Å². The van der Waals surface area contributed by atoms with Gasteiger partial charge < -0.3 is 4.42 Å². The smallest absolute Gasteiger partial charge is 0.134 e. The second-order valence-corrected chi connectivity index (χ2v) is 5.21. The summed E-state index contributed by atoms with van der Waals surface area (Å²) in [6.45, 7) is 8.00. The standard InChI is InChI=1S/C19H12N2O.2C2H6/c20-11-14-12-21-18-6-2-1-5-16(18)17(14)10-13-4-3-7-19-15(13)8-9-22-19;2*1-2/h1-9,12H,10H2;2*1-2H3. The Bertz CT molecular complexity index is 1030. The third kappa shape index (κ3) is 3.75. The van der Waals surface area contributed by atoms with Crippen LogP contribution in [0.3, 0.4) is 0 Å². The van der Waals surface area contributed by atoms with Crippen LogP contribution in [0.2, 0.25) is 0 Å². The molecule has 0 aliphatic heterocycles.